The van der Waals surface area contributed by atoms with Crippen LogP contribution in [0.1, 0.15) is 5.82 Å². The molecule has 7 heteroatoms. The average Bonchev–Trinajstić information content (AvgIpc) is 2.84. The lowest BCUT2D eigenvalue weighted by atomic mass is 10.1. The molecule has 168 valence electrons. The Labute approximate surface area is 194 Å². The van der Waals surface area contributed by atoms with Gasteiger partial charge in [-0.2, -0.15) is 0 Å². The van der Waals surface area contributed by atoms with Crippen molar-refractivity contribution in [2.45, 2.75) is 6.92 Å². The predicted molar refractivity (Wildman–Crippen MR) is 130 cm³/mol. The van der Waals surface area contributed by atoms with Gasteiger partial charge in [0, 0.05) is 0 Å². The summed E-state index contributed by atoms with van der Waals surface area (Å²) in [5.74, 6) is -0.160. The molecular weight excluding hydrogens is 433 g/mol. The van der Waals surface area contributed by atoms with Crippen LogP contribution in [0.4, 0.5) is 10.1 Å². The number of benzene rings is 4. The van der Waals surface area contributed by atoms with Crippen LogP contribution in [0.3, 0.4) is 0 Å². The summed E-state index contributed by atoms with van der Waals surface area (Å²) in [6.45, 7) is 1.41. The second-order valence-corrected chi connectivity index (χ2v) is 7.83. The number of halogens is 1. The summed E-state index contributed by atoms with van der Waals surface area (Å²) < 4.78 is 21.5. The van der Waals surface area contributed by atoms with Crippen molar-refractivity contribution in [2.75, 3.05) is 11.9 Å². The molecule has 0 saturated heterocycles. The second-order valence-electron chi connectivity index (χ2n) is 7.83. The van der Waals surface area contributed by atoms with Gasteiger partial charge >= 0.3 is 0 Å². The number of para-hydroxylation sites is 1. The lowest BCUT2D eigenvalue weighted by Gasteiger charge is -2.13. The molecule has 34 heavy (non-hydrogen) atoms. The highest BCUT2D eigenvalue weighted by Gasteiger charge is 2.14. The average molecular weight is 453 g/mol. The Balaban J connectivity index is 1.37. The maximum absolute atomic E-state index is 14.5. The largest absolute Gasteiger partial charge is 0.484 e. The van der Waals surface area contributed by atoms with Gasteiger partial charge in [0.05, 0.1) is 22.3 Å². The van der Waals surface area contributed by atoms with E-state index in [9.17, 15) is 14.0 Å². The fraction of sp³-hybridized carbons (Fsp3) is 0.0741. The molecule has 0 fully saturated rings. The Bertz CT molecular complexity index is 1610. The van der Waals surface area contributed by atoms with Gasteiger partial charge < -0.3 is 10.1 Å². The molecule has 5 rings (SSSR count). The molecule has 0 radical (unpaired) electrons. The summed E-state index contributed by atoms with van der Waals surface area (Å²) in [5, 5.41) is 5.03. The summed E-state index contributed by atoms with van der Waals surface area (Å²) >= 11 is 0. The standard InChI is InChI=1S/C27H20FN3O3/c1-17-29-24-9-5-4-8-22(24)27(33)31(17)20-11-13-23(28)25(15-20)30-26(32)16-34-21-12-10-18-6-2-3-7-19(18)14-21/h2-15H,16H2,1H3,(H,30,32). The monoisotopic (exact) mass is 453 g/mol. The highest BCUT2D eigenvalue weighted by molar-refractivity contribution is 5.92. The van der Waals surface area contributed by atoms with Crippen LogP contribution in [0.25, 0.3) is 27.4 Å². The first-order valence-electron chi connectivity index (χ1n) is 10.7. The van der Waals surface area contributed by atoms with Crippen LogP contribution in [0.15, 0.2) is 89.7 Å². The van der Waals surface area contributed by atoms with E-state index in [1.165, 1.54) is 22.8 Å². The van der Waals surface area contributed by atoms with E-state index in [0.29, 0.717) is 28.2 Å². The Kier molecular flexibility index (Phi) is 5.51. The van der Waals surface area contributed by atoms with Gasteiger partial charge in [-0.05, 0) is 60.2 Å². The fourth-order valence-corrected chi connectivity index (χ4v) is 3.89. The first-order chi connectivity index (χ1) is 16.5. The maximum Gasteiger partial charge on any atom is 0.265 e. The minimum Gasteiger partial charge on any atom is -0.484 e. The molecule has 1 heterocycles. The van der Waals surface area contributed by atoms with Crippen molar-refractivity contribution in [1.29, 1.82) is 0 Å². The van der Waals surface area contributed by atoms with Crippen LogP contribution in [-0.4, -0.2) is 22.1 Å². The molecule has 0 aliphatic heterocycles. The van der Waals surface area contributed by atoms with Crippen molar-refractivity contribution in [3.63, 3.8) is 0 Å². The first kappa shape index (κ1) is 21.3. The van der Waals surface area contributed by atoms with Gasteiger partial charge in [0.25, 0.3) is 11.5 Å². The number of nitrogens with zero attached hydrogens (tertiary/aromatic N) is 2. The van der Waals surface area contributed by atoms with E-state index >= 15 is 0 Å². The zero-order chi connectivity index (χ0) is 23.7. The normalized spacial score (nSPS) is 11.0. The number of nitrogens with one attached hydrogen (secondary N) is 1. The first-order valence-corrected chi connectivity index (χ1v) is 10.7. The van der Waals surface area contributed by atoms with Gasteiger partial charge in [0.2, 0.25) is 0 Å². The molecule has 0 aliphatic rings. The smallest absolute Gasteiger partial charge is 0.265 e. The van der Waals surface area contributed by atoms with Crippen molar-refractivity contribution >= 4 is 33.3 Å². The third-order valence-electron chi connectivity index (χ3n) is 5.52. The third-order valence-corrected chi connectivity index (χ3v) is 5.52. The number of amides is 1. The summed E-state index contributed by atoms with van der Waals surface area (Å²) in [7, 11) is 0. The van der Waals surface area contributed by atoms with Gasteiger partial charge in [0.15, 0.2) is 6.61 Å². The van der Waals surface area contributed by atoms with Crippen molar-refractivity contribution in [2.24, 2.45) is 0 Å². The molecule has 0 spiro atoms. The van der Waals surface area contributed by atoms with E-state index in [1.807, 2.05) is 42.5 Å². The van der Waals surface area contributed by atoms with Crippen LogP contribution in [0.5, 0.6) is 5.75 Å². The van der Waals surface area contributed by atoms with Gasteiger partial charge in [0.1, 0.15) is 17.4 Å². The Morgan fingerprint density at radius 2 is 1.74 bits per heavy atom. The van der Waals surface area contributed by atoms with E-state index in [-0.39, 0.29) is 17.9 Å². The molecular formula is C27H20FN3O3. The number of aryl methyl sites for hydroxylation is 1. The number of aromatic nitrogens is 2. The fourth-order valence-electron chi connectivity index (χ4n) is 3.89. The van der Waals surface area contributed by atoms with E-state index in [0.717, 1.165) is 10.8 Å². The lowest BCUT2D eigenvalue weighted by Crippen LogP contribution is -2.23. The molecule has 1 amide bonds. The number of hydrogen-bond donors (Lipinski definition) is 1. The topological polar surface area (TPSA) is 73.2 Å². The molecule has 5 aromatic rings. The molecule has 0 unspecified atom stereocenters. The summed E-state index contributed by atoms with van der Waals surface area (Å²) in [5.41, 5.74) is 0.659. The highest BCUT2D eigenvalue weighted by Crippen LogP contribution is 2.22. The Morgan fingerprint density at radius 1 is 0.971 bits per heavy atom. The van der Waals surface area contributed by atoms with Crippen LogP contribution in [0.2, 0.25) is 0 Å². The minimum atomic E-state index is -0.623. The predicted octanol–water partition coefficient (Wildman–Crippen LogP) is 5.00. The van der Waals surface area contributed by atoms with Crippen molar-refractivity contribution in [3.05, 3.63) is 107 Å². The lowest BCUT2D eigenvalue weighted by molar-refractivity contribution is -0.118. The number of carbonyl (C=O) groups is 1. The Morgan fingerprint density at radius 3 is 2.59 bits per heavy atom. The highest BCUT2D eigenvalue weighted by atomic mass is 19.1. The zero-order valence-corrected chi connectivity index (χ0v) is 18.3. The van der Waals surface area contributed by atoms with E-state index in [4.69, 9.17) is 4.74 Å². The second kappa shape index (κ2) is 8.78. The maximum atomic E-state index is 14.5. The van der Waals surface area contributed by atoms with Crippen LogP contribution in [0, 0.1) is 12.7 Å². The van der Waals surface area contributed by atoms with Crippen molar-refractivity contribution < 1.29 is 13.9 Å². The quantitative estimate of drug-likeness (QED) is 0.406. The van der Waals surface area contributed by atoms with Crippen LogP contribution >= 0.6 is 0 Å². The number of anilines is 1. The van der Waals surface area contributed by atoms with Gasteiger partial charge in [-0.25, -0.2) is 9.37 Å². The van der Waals surface area contributed by atoms with Crippen molar-refractivity contribution in [3.8, 4) is 11.4 Å². The molecule has 0 atom stereocenters. The summed E-state index contributed by atoms with van der Waals surface area (Å²) in [6.07, 6.45) is 0. The van der Waals surface area contributed by atoms with Crippen molar-refractivity contribution in [1.82, 2.24) is 9.55 Å². The van der Waals surface area contributed by atoms with Gasteiger partial charge in [-0.15, -0.1) is 0 Å². The minimum absolute atomic E-state index is 0.0518. The number of ether oxygens (including phenoxy) is 1. The van der Waals surface area contributed by atoms with E-state index < -0.39 is 11.7 Å². The number of fused-ring (bicyclic) bond motifs is 2. The molecule has 0 saturated carbocycles. The van der Waals surface area contributed by atoms with Gasteiger partial charge in [-0.1, -0.05) is 42.5 Å². The van der Waals surface area contributed by atoms with Crippen LogP contribution < -0.4 is 15.6 Å². The van der Waals surface area contributed by atoms with Crippen LogP contribution in [-0.2, 0) is 4.79 Å². The molecule has 6 nitrogen and oxygen atoms in total. The van der Waals surface area contributed by atoms with E-state index in [2.05, 4.69) is 10.3 Å². The zero-order valence-electron chi connectivity index (χ0n) is 18.3. The molecule has 0 bridgehead atoms. The number of rotatable bonds is 5. The SMILES string of the molecule is Cc1nc2ccccc2c(=O)n1-c1ccc(F)c(NC(=O)COc2ccc3ccccc3c2)c1. The summed E-state index contributed by atoms with van der Waals surface area (Å²) in [4.78, 5) is 30.0. The third kappa shape index (κ3) is 4.11. The molecule has 1 aromatic heterocycles. The molecule has 1 N–H and O–H groups in total. The number of carbonyl (C=O) groups excluding carboxylic acids is 1. The van der Waals surface area contributed by atoms with E-state index in [1.54, 1.807) is 31.2 Å². The number of hydrogen-bond acceptors (Lipinski definition) is 4. The summed E-state index contributed by atoms with van der Waals surface area (Å²) in [6, 6.07) is 24.4. The van der Waals surface area contributed by atoms with Gasteiger partial charge in [-0.3, -0.25) is 14.2 Å². The molecule has 4 aromatic carbocycles. The Hall–Kier alpha value is -4.52. The molecule has 0 aliphatic carbocycles.